The van der Waals surface area contributed by atoms with E-state index in [0.29, 0.717) is 19.1 Å². The molecule has 162 valence electrons. The molecule has 0 fully saturated rings. The van der Waals surface area contributed by atoms with Crippen LogP contribution < -0.4 is 21.5 Å². The van der Waals surface area contributed by atoms with E-state index < -0.39 is 10.9 Å². The molecule has 2 rings (SSSR count). The number of para-hydroxylation sites is 1. The Morgan fingerprint density at radius 3 is 2.37 bits per heavy atom. The van der Waals surface area contributed by atoms with Crippen LogP contribution in [0.4, 0.5) is 17.1 Å². The number of thiol groups is 1. The number of allylic oxidation sites excluding steroid dienone is 2. The van der Waals surface area contributed by atoms with E-state index >= 15 is 0 Å². The van der Waals surface area contributed by atoms with Gasteiger partial charge in [0.2, 0.25) is 0 Å². The zero-order valence-corrected chi connectivity index (χ0v) is 18.6. The summed E-state index contributed by atoms with van der Waals surface area (Å²) in [6, 6.07) is 4.42. The first-order valence-electron chi connectivity index (χ1n) is 9.41. The molecule has 0 bridgehead atoms. The highest BCUT2D eigenvalue weighted by molar-refractivity contribution is 7.84. The van der Waals surface area contributed by atoms with Gasteiger partial charge in [0, 0.05) is 6.04 Å². The summed E-state index contributed by atoms with van der Waals surface area (Å²) >= 11 is 4.35. The molecule has 0 spiro atoms. The van der Waals surface area contributed by atoms with Crippen molar-refractivity contribution in [2.24, 2.45) is 0 Å². The first kappa shape index (κ1) is 25.2. The molecule has 2 aromatic carbocycles. The Labute approximate surface area is 182 Å². The van der Waals surface area contributed by atoms with Crippen LogP contribution in [0.3, 0.4) is 0 Å². The van der Waals surface area contributed by atoms with Crippen LogP contribution >= 0.6 is 12.6 Å². The molecule has 0 aliphatic rings. The van der Waals surface area contributed by atoms with Gasteiger partial charge in [0.1, 0.15) is 17.1 Å². The van der Waals surface area contributed by atoms with Gasteiger partial charge in [0.15, 0.2) is 6.29 Å². The predicted molar refractivity (Wildman–Crippen MR) is 127 cm³/mol. The number of aldehydes is 1. The number of carbonyl (C=O) groups excluding carboxylic acids is 1. The van der Waals surface area contributed by atoms with Gasteiger partial charge in [0.25, 0.3) is 10.9 Å². The maximum Gasteiger partial charge on any atom is 0.253 e. The van der Waals surface area contributed by atoms with Gasteiger partial charge in [-0.1, -0.05) is 31.7 Å². The number of hydrogen-bond acceptors (Lipinski definition) is 8. The number of nitrogens with one attached hydrogen (secondary N) is 2. The van der Waals surface area contributed by atoms with E-state index in [1.165, 1.54) is 12.1 Å². The van der Waals surface area contributed by atoms with Crippen LogP contribution in [0.1, 0.15) is 30.1 Å². The highest BCUT2D eigenvalue weighted by Crippen LogP contribution is 2.31. The molecule has 2 aromatic rings. The molecule has 0 heterocycles. The number of phenolic OH excluding ortho intramolecular Hbond substituents is 1. The van der Waals surface area contributed by atoms with Crippen LogP contribution in [-0.4, -0.2) is 43.5 Å². The third kappa shape index (κ3) is 6.89. The summed E-state index contributed by atoms with van der Waals surface area (Å²) in [7, 11) is 6.00. The Bertz CT molecular complexity index is 973. The molecule has 0 aliphatic heterocycles. The van der Waals surface area contributed by atoms with E-state index in [1.54, 1.807) is 18.2 Å². The van der Waals surface area contributed by atoms with Crippen molar-refractivity contribution in [3.05, 3.63) is 67.8 Å². The van der Waals surface area contributed by atoms with Crippen molar-refractivity contribution >= 4 is 36.0 Å². The highest BCUT2D eigenvalue weighted by Gasteiger charge is 2.24. The normalized spacial score (nSPS) is 12.1. The highest BCUT2D eigenvalue weighted by atomic mass is 32.1. The van der Waals surface area contributed by atoms with Gasteiger partial charge in [0.05, 0.1) is 11.3 Å². The van der Waals surface area contributed by atoms with Crippen LogP contribution in [-0.2, 0) is 0 Å². The van der Waals surface area contributed by atoms with Crippen LogP contribution in [0.5, 0.6) is 5.75 Å². The fourth-order valence-corrected chi connectivity index (χ4v) is 2.82. The Balaban J connectivity index is 0.00000103. The van der Waals surface area contributed by atoms with Crippen molar-refractivity contribution < 1.29 is 9.90 Å². The summed E-state index contributed by atoms with van der Waals surface area (Å²) in [5.74, 6) is -0.278. The van der Waals surface area contributed by atoms with Gasteiger partial charge in [-0.3, -0.25) is 14.4 Å². The van der Waals surface area contributed by atoms with E-state index in [0.717, 1.165) is 4.91 Å². The molecule has 0 saturated heterocycles. The lowest BCUT2D eigenvalue weighted by Gasteiger charge is -2.22. The minimum atomic E-state index is -0.675. The second kappa shape index (κ2) is 12.0. The second-order valence-corrected chi connectivity index (χ2v) is 7.66. The molecular weight excluding hydrogens is 402 g/mol. The molecule has 0 unspecified atom stereocenters. The molecule has 1 atom stereocenters. The monoisotopic (exact) mass is 431 g/mol. The third-order valence-corrected chi connectivity index (χ3v) is 4.30. The summed E-state index contributed by atoms with van der Waals surface area (Å²) in [6.07, 6.45) is 5.17. The zero-order chi connectivity index (χ0) is 22.8. The maximum absolute atomic E-state index is 12.0. The van der Waals surface area contributed by atoms with E-state index in [1.807, 2.05) is 33.0 Å². The standard InChI is InChI=1S/C19H20N2O4S.C3H9N/c1-3-6-13(26)9-12(4-2)20-15-16(19(25)18(15)24)21-14-8-5-7-11(10-22)17(14)23;1-4(2)3/h3,5-8,10,12,20-21,23,26H,1,4,9H2,2H3;1-3H3/b13-6-;/t12-;/m0./s1. The molecule has 8 heteroatoms. The second-order valence-electron chi connectivity index (χ2n) is 7.08. The number of carbonyl (C=O) groups is 1. The molecule has 7 nitrogen and oxygen atoms in total. The largest absolute Gasteiger partial charge is 0.505 e. The number of rotatable bonds is 9. The molecule has 0 aromatic heterocycles. The summed E-state index contributed by atoms with van der Waals surface area (Å²) in [4.78, 5) is 37.6. The Morgan fingerprint density at radius 2 is 1.83 bits per heavy atom. The minimum Gasteiger partial charge on any atom is -0.505 e. The van der Waals surface area contributed by atoms with Crippen molar-refractivity contribution in [2.75, 3.05) is 31.8 Å². The van der Waals surface area contributed by atoms with Crippen molar-refractivity contribution in [3.8, 4) is 5.75 Å². The molecule has 0 aliphatic carbocycles. The van der Waals surface area contributed by atoms with E-state index in [-0.39, 0.29) is 34.4 Å². The zero-order valence-electron chi connectivity index (χ0n) is 17.7. The van der Waals surface area contributed by atoms with Crippen LogP contribution in [0.15, 0.2) is 51.4 Å². The maximum atomic E-state index is 12.0. The fraction of sp³-hybridized carbons (Fsp3) is 0.318. The average Bonchev–Trinajstić information content (AvgIpc) is 2.70. The van der Waals surface area contributed by atoms with Crippen molar-refractivity contribution in [1.82, 2.24) is 4.90 Å². The number of nitrogens with zero attached hydrogens (tertiary/aromatic N) is 1. The Hall–Kier alpha value is -2.84. The quantitative estimate of drug-likeness (QED) is 0.159. The molecule has 0 saturated carbocycles. The van der Waals surface area contributed by atoms with Gasteiger partial charge in [-0.05, 0) is 51.0 Å². The van der Waals surface area contributed by atoms with Crippen LogP contribution in [0.25, 0.3) is 0 Å². The molecule has 0 radical (unpaired) electrons. The predicted octanol–water partition coefficient (Wildman–Crippen LogP) is 3.30. The fourth-order valence-electron chi connectivity index (χ4n) is 2.50. The lowest BCUT2D eigenvalue weighted by Crippen LogP contribution is -2.39. The number of anilines is 3. The molecule has 3 N–H and O–H groups in total. The number of phenols is 1. The average molecular weight is 432 g/mol. The molecular formula is C22H29N3O4S. The lowest BCUT2D eigenvalue weighted by molar-refractivity contribution is 0.112. The Kier molecular flexibility index (Phi) is 10.1. The summed E-state index contributed by atoms with van der Waals surface area (Å²) in [6.45, 7) is 5.56. The summed E-state index contributed by atoms with van der Waals surface area (Å²) < 4.78 is 0. The SMILES string of the molecule is C=C/C=C(\S)C[C@H](CC)Nc1c(Nc2cccc(C=O)c2O)c(=O)c1=O.CN(C)C. The Morgan fingerprint density at radius 1 is 1.23 bits per heavy atom. The van der Waals surface area contributed by atoms with Crippen LogP contribution in [0, 0.1) is 0 Å². The van der Waals surface area contributed by atoms with Gasteiger partial charge < -0.3 is 20.6 Å². The van der Waals surface area contributed by atoms with E-state index in [9.17, 15) is 19.5 Å². The van der Waals surface area contributed by atoms with Gasteiger partial charge in [-0.2, -0.15) is 0 Å². The smallest absolute Gasteiger partial charge is 0.253 e. The lowest BCUT2D eigenvalue weighted by atomic mass is 10.1. The van der Waals surface area contributed by atoms with Crippen LogP contribution in [0.2, 0.25) is 0 Å². The molecule has 30 heavy (non-hydrogen) atoms. The first-order chi connectivity index (χ1) is 14.2. The van der Waals surface area contributed by atoms with Gasteiger partial charge in [-0.25, -0.2) is 0 Å². The number of hydrogen-bond donors (Lipinski definition) is 4. The minimum absolute atomic E-state index is 0.0696. The topological polar surface area (TPSA) is 98.7 Å². The summed E-state index contributed by atoms with van der Waals surface area (Å²) in [5, 5.41) is 15.9. The van der Waals surface area contributed by atoms with Gasteiger partial charge >= 0.3 is 0 Å². The van der Waals surface area contributed by atoms with Gasteiger partial charge in [-0.15, -0.1) is 12.6 Å². The van der Waals surface area contributed by atoms with E-state index in [2.05, 4.69) is 29.8 Å². The first-order valence-corrected chi connectivity index (χ1v) is 9.86. The van der Waals surface area contributed by atoms with Crippen molar-refractivity contribution in [1.29, 1.82) is 0 Å². The van der Waals surface area contributed by atoms with Crippen molar-refractivity contribution in [3.63, 3.8) is 0 Å². The number of aromatic hydroxyl groups is 1. The summed E-state index contributed by atoms with van der Waals surface area (Å²) in [5.41, 5.74) is -0.794. The van der Waals surface area contributed by atoms with E-state index in [4.69, 9.17) is 0 Å². The third-order valence-electron chi connectivity index (χ3n) is 3.97. The molecule has 0 amide bonds. The number of benzene rings is 1. The van der Waals surface area contributed by atoms with Crippen molar-refractivity contribution in [2.45, 2.75) is 25.8 Å².